The molecule has 0 aliphatic carbocycles. The number of carbonyl (C=O) groups is 1. The molecule has 1 aliphatic heterocycles. The molecule has 3 rings (SSSR count). The first-order valence-corrected chi connectivity index (χ1v) is 7.35. The highest BCUT2D eigenvalue weighted by Crippen LogP contribution is 2.31. The molecule has 1 aliphatic rings. The van der Waals surface area contributed by atoms with Crippen LogP contribution >= 0.6 is 0 Å². The van der Waals surface area contributed by atoms with Gasteiger partial charge in [-0.2, -0.15) is 0 Å². The number of benzene rings is 1. The number of nitrogens with zero attached hydrogens (tertiary/aromatic N) is 3. The Morgan fingerprint density at radius 2 is 1.95 bits per heavy atom. The summed E-state index contributed by atoms with van der Waals surface area (Å²) in [4.78, 5) is 20.2. The maximum Gasteiger partial charge on any atom is 0.339 e. The van der Waals surface area contributed by atoms with Gasteiger partial charge in [0.15, 0.2) is 0 Å². The predicted molar refractivity (Wildman–Crippen MR) is 85.2 cm³/mol. The lowest BCUT2D eigenvalue weighted by Gasteiger charge is -2.41. The third-order valence-electron chi connectivity index (χ3n) is 4.06. The predicted octanol–water partition coefficient (Wildman–Crippen LogP) is 2.27. The Kier molecular flexibility index (Phi) is 4.06. The molecule has 1 aromatic heterocycles. The van der Waals surface area contributed by atoms with Gasteiger partial charge in [0.1, 0.15) is 11.4 Å². The molecule has 0 amide bonds. The van der Waals surface area contributed by atoms with E-state index in [1.165, 1.54) is 5.56 Å². The normalized spacial score (nSPS) is 19.1. The summed E-state index contributed by atoms with van der Waals surface area (Å²) in [5.74, 6) is -0.384. The van der Waals surface area contributed by atoms with Crippen LogP contribution in [-0.4, -0.2) is 47.6 Å². The number of piperazine rings is 1. The van der Waals surface area contributed by atoms with Crippen LogP contribution in [-0.2, 0) is 0 Å². The maximum atomic E-state index is 11.5. The van der Waals surface area contributed by atoms with Gasteiger partial charge in [-0.25, -0.2) is 9.78 Å². The SMILES string of the molecule is CN1CCN(c2ncccc2C(=O)O)[C@@H](c2ccccc2)C1. The lowest BCUT2D eigenvalue weighted by Crippen LogP contribution is -2.47. The van der Waals surface area contributed by atoms with E-state index in [1.54, 1.807) is 18.3 Å². The van der Waals surface area contributed by atoms with E-state index in [9.17, 15) is 9.90 Å². The maximum absolute atomic E-state index is 11.5. The highest BCUT2D eigenvalue weighted by Gasteiger charge is 2.30. The van der Waals surface area contributed by atoms with E-state index in [0.717, 1.165) is 19.6 Å². The molecule has 0 unspecified atom stereocenters. The molecule has 0 saturated carbocycles. The van der Waals surface area contributed by atoms with Crippen LogP contribution in [0.4, 0.5) is 5.82 Å². The summed E-state index contributed by atoms with van der Waals surface area (Å²) in [5.41, 5.74) is 1.43. The van der Waals surface area contributed by atoms with Gasteiger partial charge < -0.3 is 14.9 Å². The number of carboxylic acid groups (broad SMARTS) is 1. The van der Waals surface area contributed by atoms with Crippen LogP contribution in [0.2, 0.25) is 0 Å². The number of hydrogen-bond acceptors (Lipinski definition) is 4. The van der Waals surface area contributed by atoms with Crippen LogP contribution in [0, 0.1) is 0 Å². The summed E-state index contributed by atoms with van der Waals surface area (Å²) < 4.78 is 0. The number of hydrogen-bond donors (Lipinski definition) is 1. The van der Waals surface area contributed by atoms with Crippen LogP contribution in [0.15, 0.2) is 48.7 Å². The zero-order valence-electron chi connectivity index (χ0n) is 12.5. The van der Waals surface area contributed by atoms with E-state index in [1.807, 2.05) is 18.2 Å². The van der Waals surface area contributed by atoms with Crippen LogP contribution in [0.25, 0.3) is 0 Å². The first-order valence-electron chi connectivity index (χ1n) is 7.35. The zero-order chi connectivity index (χ0) is 15.5. The fraction of sp³-hybridized carbons (Fsp3) is 0.294. The second kappa shape index (κ2) is 6.15. The smallest absolute Gasteiger partial charge is 0.339 e. The summed E-state index contributed by atoms with van der Waals surface area (Å²) in [7, 11) is 2.09. The van der Waals surface area contributed by atoms with E-state index >= 15 is 0 Å². The van der Waals surface area contributed by atoms with Crippen molar-refractivity contribution in [1.82, 2.24) is 9.88 Å². The second-order valence-corrected chi connectivity index (χ2v) is 5.56. The molecule has 1 fully saturated rings. The van der Waals surface area contributed by atoms with Crippen molar-refractivity contribution in [3.63, 3.8) is 0 Å². The lowest BCUT2D eigenvalue weighted by atomic mass is 10.0. The topological polar surface area (TPSA) is 56.7 Å². The number of carboxylic acids is 1. The van der Waals surface area contributed by atoms with Crippen LogP contribution in [0.1, 0.15) is 22.0 Å². The van der Waals surface area contributed by atoms with Gasteiger partial charge in [-0.3, -0.25) is 0 Å². The summed E-state index contributed by atoms with van der Waals surface area (Å²) in [6.45, 7) is 2.49. The molecule has 5 heteroatoms. The minimum absolute atomic E-state index is 0.105. The Bertz CT molecular complexity index is 660. The Morgan fingerprint density at radius 1 is 1.18 bits per heavy atom. The van der Waals surface area contributed by atoms with Crippen molar-refractivity contribution in [3.05, 3.63) is 59.8 Å². The Labute approximate surface area is 129 Å². The molecule has 5 nitrogen and oxygen atoms in total. The standard InChI is InChI=1S/C17H19N3O2/c1-19-10-11-20(15(12-19)13-6-3-2-4-7-13)16-14(17(21)22)8-5-9-18-16/h2-9,15H,10-12H2,1H3,(H,21,22)/t15-/m1/s1. The molecule has 1 saturated heterocycles. The Balaban J connectivity index is 2.02. The van der Waals surface area contributed by atoms with Crippen LogP contribution < -0.4 is 4.90 Å². The molecular formula is C17H19N3O2. The fourth-order valence-corrected chi connectivity index (χ4v) is 2.93. The van der Waals surface area contributed by atoms with Crippen molar-refractivity contribution in [3.8, 4) is 0 Å². The van der Waals surface area contributed by atoms with Crippen molar-refractivity contribution in [2.24, 2.45) is 0 Å². The molecule has 1 atom stereocenters. The highest BCUT2D eigenvalue weighted by molar-refractivity contribution is 5.93. The lowest BCUT2D eigenvalue weighted by molar-refractivity contribution is 0.0696. The van der Waals surface area contributed by atoms with Gasteiger partial charge in [-0.05, 0) is 24.7 Å². The summed E-state index contributed by atoms with van der Waals surface area (Å²) in [5, 5.41) is 9.43. The van der Waals surface area contributed by atoms with E-state index < -0.39 is 5.97 Å². The number of pyridine rings is 1. The van der Waals surface area contributed by atoms with Gasteiger partial charge in [-0.15, -0.1) is 0 Å². The third-order valence-corrected chi connectivity index (χ3v) is 4.06. The van der Waals surface area contributed by atoms with E-state index in [0.29, 0.717) is 5.82 Å². The first kappa shape index (κ1) is 14.5. The molecule has 114 valence electrons. The van der Waals surface area contributed by atoms with Gasteiger partial charge in [0.2, 0.25) is 0 Å². The number of anilines is 1. The summed E-state index contributed by atoms with van der Waals surface area (Å²) >= 11 is 0. The minimum Gasteiger partial charge on any atom is -0.478 e. The van der Waals surface area contributed by atoms with Crippen molar-refractivity contribution in [2.45, 2.75) is 6.04 Å². The van der Waals surface area contributed by atoms with E-state index in [-0.39, 0.29) is 11.6 Å². The number of aromatic nitrogens is 1. The van der Waals surface area contributed by atoms with Gasteiger partial charge in [0.05, 0.1) is 6.04 Å². The molecule has 0 radical (unpaired) electrons. The van der Waals surface area contributed by atoms with Crippen molar-refractivity contribution in [1.29, 1.82) is 0 Å². The van der Waals surface area contributed by atoms with Crippen molar-refractivity contribution >= 4 is 11.8 Å². The van der Waals surface area contributed by atoms with E-state index in [4.69, 9.17) is 0 Å². The number of likely N-dealkylation sites (N-methyl/N-ethyl adjacent to an activating group) is 1. The summed E-state index contributed by atoms with van der Waals surface area (Å²) in [6, 6.07) is 13.6. The van der Waals surface area contributed by atoms with Gasteiger partial charge in [-0.1, -0.05) is 30.3 Å². The average molecular weight is 297 g/mol. The number of rotatable bonds is 3. The quantitative estimate of drug-likeness (QED) is 0.942. The molecule has 2 heterocycles. The summed E-state index contributed by atoms with van der Waals surface area (Å²) in [6.07, 6.45) is 1.65. The molecule has 1 aromatic carbocycles. The van der Waals surface area contributed by atoms with Gasteiger partial charge >= 0.3 is 5.97 Å². The third kappa shape index (κ3) is 2.80. The molecule has 22 heavy (non-hydrogen) atoms. The van der Waals surface area contributed by atoms with Crippen LogP contribution in [0.3, 0.4) is 0 Å². The Hall–Kier alpha value is -2.40. The van der Waals surface area contributed by atoms with Crippen molar-refractivity contribution < 1.29 is 9.90 Å². The van der Waals surface area contributed by atoms with Crippen LogP contribution in [0.5, 0.6) is 0 Å². The Morgan fingerprint density at radius 3 is 2.68 bits per heavy atom. The van der Waals surface area contributed by atoms with Gasteiger partial charge in [0, 0.05) is 25.8 Å². The van der Waals surface area contributed by atoms with E-state index in [2.05, 4.69) is 34.0 Å². The molecule has 0 spiro atoms. The fourth-order valence-electron chi connectivity index (χ4n) is 2.93. The molecule has 2 aromatic rings. The minimum atomic E-state index is -0.936. The zero-order valence-corrected chi connectivity index (χ0v) is 12.5. The molecular weight excluding hydrogens is 278 g/mol. The molecule has 1 N–H and O–H groups in total. The monoisotopic (exact) mass is 297 g/mol. The van der Waals surface area contributed by atoms with Gasteiger partial charge in [0.25, 0.3) is 0 Å². The van der Waals surface area contributed by atoms with Crippen molar-refractivity contribution in [2.75, 3.05) is 31.6 Å². The average Bonchev–Trinajstić information content (AvgIpc) is 2.55. The first-order chi connectivity index (χ1) is 10.7. The number of aromatic carboxylic acids is 1. The highest BCUT2D eigenvalue weighted by atomic mass is 16.4. The molecule has 0 bridgehead atoms. The second-order valence-electron chi connectivity index (χ2n) is 5.56. The largest absolute Gasteiger partial charge is 0.478 e.